The van der Waals surface area contributed by atoms with Crippen LogP contribution < -0.4 is 16.4 Å². The van der Waals surface area contributed by atoms with E-state index in [4.69, 9.17) is 10.5 Å². The van der Waals surface area contributed by atoms with Gasteiger partial charge in [0.2, 0.25) is 11.8 Å². The van der Waals surface area contributed by atoms with Crippen LogP contribution in [0.3, 0.4) is 0 Å². The third-order valence-electron chi connectivity index (χ3n) is 6.02. The summed E-state index contributed by atoms with van der Waals surface area (Å²) in [6, 6.07) is 24.5. The summed E-state index contributed by atoms with van der Waals surface area (Å²) < 4.78 is 5.31. The van der Waals surface area contributed by atoms with Gasteiger partial charge in [0, 0.05) is 12.8 Å². The fourth-order valence-corrected chi connectivity index (χ4v) is 3.84. The van der Waals surface area contributed by atoms with Crippen molar-refractivity contribution in [3.8, 4) is 0 Å². The van der Waals surface area contributed by atoms with Crippen LogP contribution in [0.15, 0.2) is 84.9 Å². The second-order valence-corrected chi connectivity index (χ2v) is 10.1. The number of nitrogens with two attached hydrogens (primary N) is 1. The second-order valence-electron chi connectivity index (χ2n) is 10.1. The lowest BCUT2D eigenvalue weighted by atomic mass is 9.86. The number of primary amides is 1. The molecular formula is C30H35N3O4. The maximum atomic E-state index is 13.3. The summed E-state index contributed by atoms with van der Waals surface area (Å²) in [5, 5.41) is 5.37. The summed E-state index contributed by atoms with van der Waals surface area (Å²) in [4.78, 5) is 38.0. The van der Waals surface area contributed by atoms with Gasteiger partial charge < -0.3 is 21.1 Å². The van der Waals surface area contributed by atoms with Crippen molar-refractivity contribution in [2.75, 3.05) is 0 Å². The summed E-state index contributed by atoms with van der Waals surface area (Å²) >= 11 is 0. The minimum absolute atomic E-state index is 0.00127. The van der Waals surface area contributed by atoms with Crippen LogP contribution in [0.2, 0.25) is 0 Å². The predicted octanol–water partition coefficient (Wildman–Crippen LogP) is 4.03. The van der Waals surface area contributed by atoms with E-state index in [2.05, 4.69) is 31.4 Å². The van der Waals surface area contributed by atoms with Crippen molar-refractivity contribution >= 4 is 17.9 Å². The molecule has 0 aromatic heterocycles. The summed E-state index contributed by atoms with van der Waals surface area (Å²) in [7, 11) is 0. The van der Waals surface area contributed by atoms with E-state index >= 15 is 0 Å². The van der Waals surface area contributed by atoms with Gasteiger partial charge in [-0.2, -0.15) is 0 Å². The van der Waals surface area contributed by atoms with Gasteiger partial charge in [-0.05, 0) is 27.7 Å². The standard InChI is InChI=1S/C30H35N3O4/c1-30(2,3)24-16-14-22(15-17-24)18-25(27(31)34)32-28(35)26(19-21-10-6-4-7-11-21)33-29(36)37-20-23-12-8-5-9-13-23/h4-17,25-26H,18-20H2,1-3H3,(H2,31,34)(H,32,35)(H,33,36)/t25-,26-/m1/s1. The van der Waals surface area contributed by atoms with Crippen molar-refractivity contribution in [1.29, 1.82) is 0 Å². The smallest absolute Gasteiger partial charge is 0.408 e. The highest BCUT2D eigenvalue weighted by molar-refractivity contribution is 5.91. The highest BCUT2D eigenvalue weighted by atomic mass is 16.5. The zero-order chi connectivity index (χ0) is 26.8. The molecule has 4 N–H and O–H groups in total. The largest absolute Gasteiger partial charge is 0.445 e. The fourth-order valence-electron chi connectivity index (χ4n) is 3.84. The third-order valence-corrected chi connectivity index (χ3v) is 6.02. The lowest BCUT2D eigenvalue weighted by molar-refractivity contribution is -0.128. The van der Waals surface area contributed by atoms with E-state index in [0.717, 1.165) is 22.3 Å². The third kappa shape index (κ3) is 8.79. The van der Waals surface area contributed by atoms with Crippen molar-refractivity contribution in [1.82, 2.24) is 10.6 Å². The first-order valence-electron chi connectivity index (χ1n) is 12.3. The molecule has 0 aliphatic carbocycles. The van der Waals surface area contributed by atoms with Crippen molar-refractivity contribution in [2.45, 2.75) is 57.7 Å². The summed E-state index contributed by atoms with van der Waals surface area (Å²) in [6.07, 6.45) is -0.269. The van der Waals surface area contributed by atoms with E-state index < -0.39 is 30.0 Å². The minimum atomic E-state index is -0.962. The van der Waals surface area contributed by atoms with Gasteiger partial charge in [0.05, 0.1) is 0 Å². The normalized spacial score (nSPS) is 12.7. The van der Waals surface area contributed by atoms with Crippen molar-refractivity contribution in [3.05, 3.63) is 107 Å². The van der Waals surface area contributed by atoms with Crippen LogP contribution in [0.1, 0.15) is 43.0 Å². The summed E-state index contributed by atoms with van der Waals surface area (Å²) in [5.41, 5.74) is 9.34. The molecule has 0 spiro atoms. The van der Waals surface area contributed by atoms with Crippen LogP contribution in [0.5, 0.6) is 0 Å². The number of nitrogens with one attached hydrogen (secondary N) is 2. The summed E-state index contributed by atoms with van der Waals surface area (Å²) in [5.74, 6) is -1.17. The molecule has 0 fully saturated rings. The van der Waals surface area contributed by atoms with Crippen LogP contribution in [0, 0.1) is 0 Å². The molecule has 3 aromatic carbocycles. The van der Waals surface area contributed by atoms with Gasteiger partial charge in [0.1, 0.15) is 18.7 Å². The number of benzene rings is 3. The number of ether oxygens (including phenoxy) is 1. The van der Waals surface area contributed by atoms with Crippen LogP contribution in [-0.2, 0) is 39.2 Å². The Morgan fingerprint density at radius 2 is 1.24 bits per heavy atom. The lowest BCUT2D eigenvalue weighted by Crippen LogP contribution is -2.54. The van der Waals surface area contributed by atoms with Gasteiger partial charge in [-0.25, -0.2) is 4.79 Å². The van der Waals surface area contributed by atoms with Crippen molar-refractivity contribution < 1.29 is 19.1 Å². The molecule has 37 heavy (non-hydrogen) atoms. The van der Waals surface area contributed by atoms with Crippen LogP contribution >= 0.6 is 0 Å². The predicted molar refractivity (Wildman–Crippen MR) is 144 cm³/mol. The molecule has 2 atom stereocenters. The highest BCUT2D eigenvalue weighted by Crippen LogP contribution is 2.22. The van der Waals surface area contributed by atoms with Crippen molar-refractivity contribution in [3.63, 3.8) is 0 Å². The molecule has 3 aromatic rings. The molecule has 0 aliphatic heterocycles. The summed E-state index contributed by atoms with van der Waals surface area (Å²) in [6.45, 7) is 6.44. The molecule has 194 valence electrons. The topological polar surface area (TPSA) is 111 Å². The highest BCUT2D eigenvalue weighted by Gasteiger charge is 2.27. The molecular weight excluding hydrogens is 466 g/mol. The molecule has 0 saturated heterocycles. The maximum absolute atomic E-state index is 13.3. The SMILES string of the molecule is CC(C)(C)c1ccc(C[C@@H](NC(=O)[C@@H](Cc2ccccc2)NC(=O)OCc2ccccc2)C(N)=O)cc1. The van der Waals surface area contributed by atoms with E-state index in [0.29, 0.717) is 0 Å². The monoisotopic (exact) mass is 501 g/mol. The zero-order valence-corrected chi connectivity index (χ0v) is 21.6. The average Bonchev–Trinajstić information content (AvgIpc) is 2.87. The van der Waals surface area contributed by atoms with Gasteiger partial charge in [0.15, 0.2) is 0 Å². The van der Waals surface area contributed by atoms with Gasteiger partial charge in [0.25, 0.3) is 0 Å². The van der Waals surface area contributed by atoms with Gasteiger partial charge in [-0.3, -0.25) is 9.59 Å². The van der Waals surface area contributed by atoms with Crippen LogP contribution in [0.4, 0.5) is 4.79 Å². The Morgan fingerprint density at radius 1 is 0.730 bits per heavy atom. The van der Waals surface area contributed by atoms with E-state index in [1.165, 1.54) is 0 Å². The molecule has 7 nitrogen and oxygen atoms in total. The van der Waals surface area contributed by atoms with Crippen LogP contribution in [-0.4, -0.2) is 30.0 Å². The lowest BCUT2D eigenvalue weighted by Gasteiger charge is -2.23. The van der Waals surface area contributed by atoms with Gasteiger partial charge >= 0.3 is 6.09 Å². The average molecular weight is 502 g/mol. The number of hydrogen-bond acceptors (Lipinski definition) is 4. The Labute approximate surface area is 218 Å². The van der Waals surface area contributed by atoms with Gasteiger partial charge in [-0.1, -0.05) is 106 Å². The molecule has 0 bridgehead atoms. The fraction of sp³-hybridized carbons (Fsp3) is 0.300. The Balaban J connectivity index is 1.69. The number of carbonyl (C=O) groups is 3. The first-order chi connectivity index (χ1) is 17.6. The first-order valence-corrected chi connectivity index (χ1v) is 12.3. The van der Waals surface area contributed by atoms with Gasteiger partial charge in [-0.15, -0.1) is 0 Å². The molecule has 0 aliphatic rings. The van der Waals surface area contributed by atoms with E-state index in [1.54, 1.807) is 0 Å². The second kappa shape index (κ2) is 12.7. The molecule has 0 heterocycles. The number of amides is 3. The van der Waals surface area contributed by atoms with Crippen LogP contribution in [0.25, 0.3) is 0 Å². The number of hydrogen-bond donors (Lipinski definition) is 3. The number of rotatable bonds is 10. The first kappa shape index (κ1) is 27.5. The number of alkyl carbamates (subject to hydrolysis) is 1. The van der Waals surface area contributed by atoms with E-state index in [1.807, 2.05) is 84.9 Å². The Kier molecular flexibility index (Phi) is 9.44. The molecule has 0 saturated carbocycles. The zero-order valence-electron chi connectivity index (χ0n) is 21.6. The molecule has 3 rings (SSSR count). The van der Waals surface area contributed by atoms with E-state index in [9.17, 15) is 14.4 Å². The van der Waals surface area contributed by atoms with Crippen molar-refractivity contribution in [2.24, 2.45) is 5.73 Å². The quantitative estimate of drug-likeness (QED) is 0.389. The van der Waals surface area contributed by atoms with E-state index in [-0.39, 0.29) is 24.9 Å². The molecule has 0 radical (unpaired) electrons. The molecule has 0 unspecified atom stereocenters. The Morgan fingerprint density at radius 3 is 1.78 bits per heavy atom. The number of carbonyl (C=O) groups excluding carboxylic acids is 3. The Hall–Kier alpha value is -4.13. The maximum Gasteiger partial charge on any atom is 0.408 e. The molecule has 7 heteroatoms. The minimum Gasteiger partial charge on any atom is -0.445 e. The Bertz CT molecular complexity index is 1170. The molecule has 3 amide bonds.